The fraction of sp³-hybridized carbons (Fsp3) is 0.756. The molecule has 0 spiro atoms. The summed E-state index contributed by atoms with van der Waals surface area (Å²) in [6.45, 7) is 3.56. The Morgan fingerprint density at radius 2 is 1.07 bits per heavy atom. The summed E-state index contributed by atoms with van der Waals surface area (Å²) in [7, 11) is -9.78. The molecule has 0 aromatic carbocycles. The predicted molar refractivity (Wildman–Crippen MR) is 223 cm³/mol. The van der Waals surface area contributed by atoms with Crippen LogP contribution in [0.25, 0.3) is 0 Å². The van der Waals surface area contributed by atoms with Gasteiger partial charge in [0.25, 0.3) is 0 Å². The fourth-order valence-electron chi connectivity index (χ4n) is 5.32. The Bertz CT molecular complexity index is 1260. The molecule has 0 fully saturated rings. The van der Waals surface area contributed by atoms with Crippen LogP contribution in [0.15, 0.2) is 48.6 Å². The summed E-state index contributed by atoms with van der Waals surface area (Å²) in [6.07, 6.45) is 25.9. The first kappa shape index (κ1) is 56.0. The zero-order valence-corrected chi connectivity index (χ0v) is 36.8. The van der Waals surface area contributed by atoms with Crippen molar-refractivity contribution >= 4 is 27.6 Å². The number of unbranched alkanes of at least 4 members (excludes halogenated alkanes) is 8. The molecule has 0 aromatic rings. The second-order valence-electron chi connectivity index (χ2n) is 14.7. The molecule has 338 valence electrons. The maximum atomic E-state index is 12.7. The van der Waals surface area contributed by atoms with Crippen molar-refractivity contribution in [3.05, 3.63) is 48.6 Å². The molecule has 1 unspecified atom stereocenters. The van der Waals surface area contributed by atoms with E-state index in [1.165, 1.54) is 32.1 Å². The van der Waals surface area contributed by atoms with E-state index in [0.29, 0.717) is 12.8 Å². The molecule has 5 atom stereocenters. The van der Waals surface area contributed by atoms with Crippen molar-refractivity contribution in [2.24, 2.45) is 5.92 Å². The predicted octanol–water partition coefficient (Wildman–Crippen LogP) is 8.08. The van der Waals surface area contributed by atoms with E-state index < -0.39 is 78.4 Å². The third-order valence-electron chi connectivity index (χ3n) is 8.60. The van der Waals surface area contributed by atoms with E-state index in [1.807, 2.05) is 12.2 Å². The number of aliphatic hydroxyl groups excluding tert-OH is 3. The van der Waals surface area contributed by atoms with Crippen LogP contribution in [0.5, 0.6) is 0 Å². The summed E-state index contributed by atoms with van der Waals surface area (Å²) in [5.41, 5.74) is 0. The van der Waals surface area contributed by atoms with Crippen LogP contribution in [0.1, 0.15) is 143 Å². The average Bonchev–Trinajstić information content (AvgIpc) is 3.16. The van der Waals surface area contributed by atoms with Gasteiger partial charge in [-0.05, 0) is 57.3 Å². The molecule has 0 aliphatic carbocycles. The van der Waals surface area contributed by atoms with Gasteiger partial charge in [-0.2, -0.15) is 0 Å². The van der Waals surface area contributed by atoms with Crippen LogP contribution in [0.4, 0.5) is 0 Å². The molecule has 58 heavy (non-hydrogen) atoms. The van der Waals surface area contributed by atoms with E-state index in [0.717, 1.165) is 50.9 Å². The molecular formula is C41H74O15P2. The van der Waals surface area contributed by atoms with E-state index in [4.69, 9.17) is 23.8 Å². The summed E-state index contributed by atoms with van der Waals surface area (Å²) in [6, 6.07) is 0. The topological polar surface area (TPSA) is 236 Å². The number of carbonyl (C=O) groups excluding carboxylic acids is 2. The molecule has 0 radical (unpaired) electrons. The van der Waals surface area contributed by atoms with Crippen molar-refractivity contribution in [3.8, 4) is 0 Å². The van der Waals surface area contributed by atoms with E-state index in [1.54, 1.807) is 6.08 Å². The third-order valence-corrected chi connectivity index (χ3v) is 10.0. The lowest BCUT2D eigenvalue weighted by molar-refractivity contribution is -0.161. The zero-order valence-electron chi connectivity index (χ0n) is 35.0. The normalized spacial score (nSPS) is 15.8. The van der Waals surface area contributed by atoms with Crippen LogP contribution >= 0.6 is 15.6 Å². The Balaban J connectivity index is 4.80. The van der Waals surface area contributed by atoms with Crippen molar-refractivity contribution in [1.29, 1.82) is 0 Å². The lowest BCUT2D eigenvalue weighted by Gasteiger charge is -2.21. The smallest absolute Gasteiger partial charge is 0.462 e. The number of rotatable bonds is 38. The quantitative estimate of drug-likeness (QED) is 0.0149. The second kappa shape index (κ2) is 35.7. The SMILES string of the molecule is CC/C=C\C/C=C\C/C=C\C/C=C\C[C@@H](O)[C@H](O)CCCC(=O)O[C@H](COC(=O)CCCCCCCCCCCC(C)C)COP(=O)(O)OC[C@@H](O)COP(=O)(O)O. The summed E-state index contributed by atoms with van der Waals surface area (Å²) in [4.78, 5) is 52.6. The highest BCUT2D eigenvalue weighted by Gasteiger charge is 2.28. The number of hydrogen-bond donors (Lipinski definition) is 6. The Hall–Kier alpha value is -2.00. The minimum atomic E-state index is -4.90. The van der Waals surface area contributed by atoms with Gasteiger partial charge >= 0.3 is 27.6 Å². The molecule has 17 heteroatoms. The number of hydrogen-bond acceptors (Lipinski definition) is 12. The molecule has 15 nitrogen and oxygen atoms in total. The van der Waals surface area contributed by atoms with Gasteiger partial charge in [-0.15, -0.1) is 0 Å². The molecule has 0 heterocycles. The number of carbonyl (C=O) groups is 2. The Labute approximate surface area is 346 Å². The van der Waals surface area contributed by atoms with Gasteiger partial charge in [-0.1, -0.05) is 127 Å². The molecule has 0 aliphatic heterocycles. The summed E-state index contributed by atoms with van der Waals surface area (Å²) < 4.78 is 47.5. The van der Waals surface area contributed by atoms with Crippen LogP contribution in [0.2, 0.25) is 0 Å². The van der Waals surface area contributed by atoms with Crippen LogP contribution in [0.3, 0.4) is 0 Å². The molecule has 6 N–H and O–H groups in total. The van der Waals surface area contributed by atoms with Crippen molar-refractivity contribution in [1.82, 2.24) is 0 Å². The number of ether oxygens (including phenoxy) is 2. The first-order valence-corrected chi connectivity index (χ1v) is 23.9. The number of phosphoric acid groups is 2. The van der Waals surface area contributed by atoms with Gasteiger partial charge in [0.2, 0.25) is 0 Å². The average molecular weight is 869 g/mol. The third kappa shape index (κ3) is 38.2. The molecule has 0 bridgehead atoms. The zero-order chi connectivity index (χ0) is 43.5. The minimum absolute atomic E-state index is 0.0893. The lowest BCUT2D eigenvalue weighted by Crippen LogP contribution is -2.30. The highest BCUT2D eigenvalue weighted by atomic mass is 31.2. The van der Waals surface area contributed by atoms with E-state index in [9.17, 15) is 38.9 Å². The number of allylic oxidation sites excluding steroid dienone is 7. The Kier molecular flexibility index (Phi) is 34.5. The van der Waals surface area contributed by atoms with Crippen LogP contribution < -0.4 is 0 Å². The van der Waals surface area contributed by atoms with Gasteiger partial charge in [0.05, 0.1) is 32.0 Å². The molecule has 0 amide bonds. The largest absolute Gasteiger partial charge is 0.472 e. The molecular weight excluding hydrogens is 794 g/mol. The minimum Gasteiger partial charge on any atom is -0.462 e. The van der Waals surface area contributed by atoms with Gasteiger partial charge in [0, 0.05) is 12.8 Å². The van der Waals surface area contributed by atoms with Gasteiger partial charge in [0.15, 0.2) is 6.10 Å². The number of aliphatic hydroxyl groups is 3. The molecule has 0 saturated heterocycles. The van der Waals surface area contributed by atoms with Crippen LogP contribution in [0, 0.1) is 5.92 Å². The summed E-state index contributed by atoms with van der Waals surface area (Å²) >= 11 is 0. The standard InChI is InChI=1S/C41H74O15P2/c1-4-5-6-7-8-9-10-11-14-17-20-23-27-38(43)39(44)28-25-30-41(46)56-37(34-55-58(50,51)54-32-36(42)31-53-57(47,48)49)33-52-40(45)29-24-21-18-15-12-13-16-19-22-26-35(2)3/h5-6,8-9,11,14,20,23,35-39,42-44H,4,7,10,12-13,15-19,21-22,24-34H2,1-3H3,(H,50,51)(H2,47,48,49)/b6-5-,9-8-,14-11-,23-20-/t36-,37+,38+,39+/m0/s1. The van der Waals surface area contributed by atoms with Crippen molar-refractivity contribution in [3.63, 3.8) is 0 Å². The first-order valence-electron chi connectivity index (χ1n) is 20.9. The number of phosphoric ester groups is 2. The number of esters is 2. The summed E-state index contributed by atoms with van der Waals surface area (Å²) in [5, 5.41) is 30.4. The van der Waals surface area contributed by atoms with Gasteiger partial charge in [-0.25, -0.2) is 9.13 Å². The molecule has 0 rings (SSSR count). The highest BCUT2D eigenvalue weighted by Crippen LogP contribution is 2.43. The fourth-order valence-corrected chi connectivity index (χ4v) is 6.48. The van der Waals surface area contributed by atoms with Crippen LogP contribution in [-0.2, 0) is 41.8 Å². The van der Waals surface area contributed by atoms with Crippen molar-refractivity contribution < 1.29 is 71.8 Å². The van der Waals surface area contributed by atoms with E-state index in [2.05, 4.69) is 60.2 Å². The van der Waals surface area contributed by atoms with Gasteiger partial charge < -0.3 is 39.5 Å². The van der Waals surface area contributed by atoms with E-state index >= 15 is 0 Å². The van der Waals surface area contributed by atoms with Crippen molar-refractivity contribution in [2.75, 3.05) is 26.4 Å². The molecule has 0 aliphatic rings. The van der Waals surface area contributed by atoms with Crippen molar-refractivity contribution in [2.45, 2.75) is 167 Å². The molecule has 0 saturated carbocycles. The first-order chi connectivity index (χ1) is 27.5. The monoisotopic (exact) mass is 868 g/mol. The van der Waals surface area contributed by atoms with Gasteiger partial charge in [0.1, 0.15) is 12.7 Å². The Morgan fingerprint density at radius 1 is 0.569 bits per heavy atom. The van der Waals surface area contributed by atoms with E-state index in [-0.39, 0.29) is 32.1 Å². The maximum Gasteiger partial charge on any atom is 0.472 e. The molecule has 0 aromatic heterocycles. The lowest BCUT2D eigenvalue weighted by atomic mass is 10.0. The van der Waals surface area contributed by atoms with Crippen LogP contribution in [-0.4, -0.2) is 92.8 Å². The Morgan fingerprint density at radius 3 is 1.64 bits per heavy atom. The maximum absolute atomic E-state index is 12.7. The van der Waals surface area contributed by atoms with Gasteiger partial charge in [-0.3, -0.25) is 23.2 Å². The highest BCUT2D eigenvalue weighted by molar-refractivity contribution is 7.47. The summed E-state index contributed by atoms with van der Waals surface area (Å²) in [5.74, 6) is -0.581. The second-order valence-corrected chi connectivity index (χ2v) is 17.4.